The quantitative estimate of drug-likeness (QED) is 0.839. The molecule has 9 heteroatoms. The summed E-state index contributed by atoms with van der Waals surface area (Å²) >= 11 is 0. The zero-order valence-corrected chi connectivity index (χ0v) is 13.6. The summed E-state index contributed by atoms with van der Waals surface area (Å²) in [6, 6.07) is 4.39. The molecule has 1 saturated carbocycles. The maximum absolute atomic E-state index is 14.3. The summed E-state index contributed by atoms with van der Waals surface area (Å²) < 4.78 is 21.0. The van der Waals surface area contributed by atoms with Crippen molar-refractivity contribution in [3.8, 4) is 5.69 Å². The van der Waals surface area contributed by atoms with E-state index < -0.39 is 5.82 Å². The normalized spacial score (nSPS) is 20.4. The summed E-state index contributed by atoms with van der Waals surface area (Å²) in [4.78, 5) is 12.2. The third-order valence-electron chi connectivity index (χ3n) is 4.32. The summed E-state index contributed by atoms with van der Waals surface area (Å²) in [5, 5.41) is 17.6. The summed E-state index contributed by atoms with van der Waals surface area (Å²) in [5.74, 6) is 0.352. The number of carbonyl (C=O) groups is 1. The Morgan fingerprint density at radius 2 is 2.32 bits per heavy atom. The van der Waals surface area contributed by atoms with Gasteiger partial charge in [0, 0.05) is 30.6 Å². The van der Waals surface area contributed by atoms with Gasteiger partial charge in [0.05, 0.1) is 13.2 Å². The molecule has 1 aromatic heterocycles. The summed E-state index contributed by atoms with van der Waals surface area (Å²) in [6.45, 7) is 1.91. The van der Waals surface area contributed by atoms with E-state index in [1.807, 2.05) is 0 Å². The van der Waals surface area contributed by atoms with Crippen LogP contribution >= 0.6 is 0 Å². The van der Waals surface area contributed by atoms with Crippen LogP contribution in [0.1, 0.15) is 31.0 Å². The van der Waals surface area contributed by atoms with Crippen LogP contribution in [-0.2, 0) is 9.53 Å². The van der Waals surface area contributed by atoms with Crippen molar-refractivity contribution in [3.63, 3.8) is 0 Å². The molecule has 0 spiro atoms. The lowest BCUT2D eigenvalue weighted by Crippen LogP contribution is -2.43. The number of hydrogen-bond donors (Lipinski definition) is 2. The maximum Gasteiger partial charge on any atom is 0.226 e. The Kier molecular flexibility index (Phi) is 4.41. The second kappa shape index (κ2) is 6.85. The van der Waals surface area contributed by atoms with Gasteiger partial charge in [-0.3, -0.25) is 4.79 Å². The molecular formula is C16H19FN6O2. The Balaban J connectivity index is 1.49. The molecular weight excluding hydrogens is 327 g/mol. The van der Waals surface area contributed by atoms with Crippen molar-refractivity contribution in [2.45, 2.75) is 31.2 Å². The van der Waals surface area contributed by atoms with Gasteiger partial charge in [-0.1, -0.05) is 0 Å². The highest BCUT2D eigenvalue weighted by atomic mass is 19.1. The number of amides is 1. The number of aromatic nitrogens is 4. The molecule has 1 aliphatic heterocycles. The first-order valence-electron chi connectivity index (χ1n) is 8.40. The second-order valence-corrected chi connectivity index (χ2v) is 6.37. The molecule has 0 bridgehead atoms. The van der Waals surface area contributed by atoms with E-state index in [4.69, 9.17) is 4.74 Å². The lowest BCUT2D eigenvalue weighted by molar-refractivity contribution is -0.117. The topological polar surface area (TPSA) is 94.0 Å². The van der Waals surface area contributed by atoms with Crippen LogP contribution < -0.4 is 10.6 Å². The van der Waals surface area contributed by atoms with Gasteiger partial charge in [-0.15, -0.1) is 5.10 Å². The summed E-state index contributed by atoms with van der Waals surface area (Å²) in [7, 11) is 0. The van der Waals surface area contributed by atoms with Crippen LogP contribution in [0.15, 0.2) is 18.2 Å². The number of nitrogens with one attached hydrogen (secondary N) is 2. The van der Waals surface area contributed by atoms with Gasteiger partial charge >= 0.3 is 0 Å². The third kappa shape index (κ3) is 3.67. The molecule has 25 heavy (non-hydrogen) atoms. The highest BCUT2D eigenvalue weighted by molar-refractivity contribution is 5.91. The molecule has 1 unspecified atom stereocenters. The molecule has 4 rings (SSSR count). The Labute approximate surface area is 143 Å². The van der Waals surface area contributed by atoms with Crippen LogP contribution in [0.3, 0.4) is 0 Å². The van der Waals surface area contributed by atoms with Crippen LogP contribution in [0.5, 0.6) is 0 Å². The lowest BCUT2D eigenvalue weighted by Gasteiger charge is -2.23. The number of anilines is 1. The molecule has 1 atom stereocenters. The highest BCUT2D eigenvalue weighted by Crippen LogP contribution is 2.39. The smallest absolute Gasteiger partial charge is 0.226 e. The minimum Gasteiger partial charge on any atom is -0.378 e. The maximum atomic E-state index is 14.3. The van der Waals surface area contributed by atoms with Crippen molar-refractivity contribution in [2.75, 3.05) is 25.1 Å². The van der Waals surface area contributed by atoms with Crippen molar-refractivity contribution in [3.05, 3.63) is 29.8 Å². The fourth-order valence-corrected chi connectivity index (χ4v) is 2.90. The van der Waals surface area contributed by atoms with Crippen molar-refractivity contribution in [1.29, 1.82) is 0 Å². The number of carbonyl (C=O) groups excluding carboxylic acids is 1. The zero-order chi connectivity index (χ0) is 17.2. The highest BCUT2D eigenvalue weighted by Gasteiger charge is 2.30. The fraction of sp³-hybridized carbons (Fsp3) is 0.500. The van der Waals surface area contributed by atoms with E-state index >= 15 is 0 Å². The average Bonchev–Trinajstić information content (AvgIpc) is 3.34. The molecule has 2 aromatic rings. The molecule has 1 amide bonds. The van der Waals surface area contributed by atoms with Gasteiger partial charge in [0.25, 0.3) is 0 Å². The number of tetrazole rings is 1. The largest absolute Gasteiger partial charge is 0.378 e. The first-order valence-corrected chi connectivity index (χ1v) is 8.40. The molecule has 0 radical (unpaired) electrons. The van der Waals surface area contributed by atoms with Gasteiger partial charge in [0.2, 0.25) is 5.91 Å². The molecule has 8 nitrogen and oxygen atoms in total. The number of rotatable bonds is 5. The molecule has 1 aliphatic carbocycles. The van der Waals surface area contributed by atoms with Crippen LogP contribution in [0, 0.1) is 5.82 Å². The lowest BCUT2D eigenvalue weighted by atomic mass is 10.2. The van der Waals surface area contributed by atoms with Crippen molar-refractivity contribution < 1.29 is 13.9 Å². The second-order valence-electron chi connectivity index (χ2n) is 6.37. The van der Waals surface area contributed by atoms with Gasteiger partial charge in [-0.25, -0.2) is 4.39 Å². The van der Waals surface area contributed by atoms with E-state index in [2.05, 4.69) is 26.2 Å². The Morgan fingerprint density at radius 3 is 3.08 bits per heavy atom. The van der Waals surface area contributed by atoms with Crippen molar-refractivity contribution >= 4 is 11.6 Å². The van der Waals surface area contributed by atoms with Crippen LogP contribution in [0.25, 0.3) is 5.69 Å². The number of hydrogen-bond acceptors (Lipinski definition) is 6. The van der Waals surface area contributed by atoms with Crippen LogP contribution in [0.2, 0.25) is 0 Å². The van der Waals surface area contributed by atoms with E-state index in [1.54, 1.807) is 6.07 Å². The number of ether oxygens (including phenoxy) is 1. The third-order valence-corrected chi connectivity index (χ3v) is 4.32. The van der Waals surface area contributed by atoms with E-state index in [-0.39, 0.29) is 23.6 Å². The van der Waals surface area contributed by atoms with Gasteiger partial charge in [0.1, 0.15) is 11.5 Å². The minimum atomic E-state index is -0.436. The summed E-state index contributed by atoms with van der Waals surface area (Å²) in [5.41, 5.74) is 0.749. The number of benzene rings is 1. The van der Waals surface area contributed by atoms with Gasteiger partial charge < -0.3 is 15.4 Å². The van der Waals surface area contributed by atoms with Gasteiger partial charge in [-0.05, 0) is 41.5 Å². The Bertz CT molecular complexity index is 770. The van der Waals surface area contributed by atoms with Gasteiger partial charge in [-0.2, -0.15) is 4.68 Å². The number of halogens is 1. The van der Waals surface area contributed by atoms with Crippen molar-refractivity contribution in [1.82, 2.24) is 25.5 Å². The molecule has 2 heterocycles. The standard InChI is InChI=1S/C16H19FN6O2/c17-13-4-3-11(19-15(24)8-12-9-25-6-5-18-12)7-14(13)23-16(10-1-2-10)20-21-22-23/h3-4,7,10,12,18H,1-2,5-6,8-9H2,(H,19,24). The summed E-state index contributed by atoms with van der Waals surface area (Å²) in [6.07, 6.45) is 2.31. The monoisotopic (exact) mass is 346 g/mol. The van der Waals surface area contributed by atoms with Crippen LogP contribution in [-0.4, -0.2) is 51.9 Å². The van der Waals surface area contributed by atoms with E-state index in [9.17, 15) is 9.18 Å². The average molecular weight is 346 g/mol. The minimum absolute atomic E-state index is 0.00495. The zero-order valence-electron chi connectivity index (χ0n) is 13.6. The molecule has 1 aromatic carbocycles. The van der Waals surface area contributed by atoms with E-state index in [0.717, 1.165) is 19.4 Å². The first kappa shape index (κ1) is 16.1. The van der Waals surface area contributed by atoms with Crippen LogP contribution in [0.4, 0.5) is 10.1 Å². The fourth-order valence-electron chi connectivity index (χ4n) is 2.90. The first-order chi connectivity index (χ1) is 12.2. The molecule has 2 N–H and O–H groups in total. The molecule has 2 aliphatic rings. The van der Waals surface area contributed by atoms with E-state index in [1.165, 1.54) is 16.8 Å². The van der Waals surface area contributed by atoms with Gasteiger partial charge in [0.15, 0.2) is 5.82 Å². The van der Waals surface area contributed by atoms with E-state index in [0.29, 0.717) is 31.1 Å². The number of morpholine rings is 1. The SMILES string of the molecule is O=C(CC1COCCN1)Nc1ccc(F)c(-n2nnnc2C2CC2)c1. The number of nitrogens with zero attached hydrogens (tertiary/aromatic N) is 4. The molecule has 132 valence electrons. The predicted molar refractivity (Wildman–Crippen MR) is 86.9 cm³/mol. The van der Waals surface area contributed by atoms with Crippen molar-refractivity contribution in [2.24, 2.45) is 0 Å². The molecule has 1 saturated heterocycles. The molecule has 2 fully saturated rings. The predicted octanol–water partition coefficient (Wildman–Crippen LogP) is 0.996. The Morgan fingerprint density at radius 1 is 1.44 bits per heavy atom. The Hall–Kier alpha value is -2.39.